The van der Waals surface area contributed by atoms with Crippen LogP contribution in [-0.2, 0) is 0 Å². The number of aliphatic hydroxyl groups excluding tert-OH is 2. The Balaban J connectivity index is 2.23. The van der Waals surface area contributed by atoms with Crippen LogP contribution in [0.25, 0.3) is 0 Å². The van der Waals surface area contributed by atoms with Gasteiger partial charge in [-0.15, -0.1) is 0 Å². The Bertz CT molecular complexity index is 115. The fourth-order valence-electron chi connectivity index (χ4n) is 1.57. The molecule has 0 bridgehead atoms. The first-order valence-electron chi connectivity index (χ1n) is 4.27. The zero-order valence-electron chi connectivity index (χ0n) is 7.03. The van der Waals surface area contributed by atoms with E-state index in [1.165, 1.54) is 0 Å². The molecule has 1 unspecified atom stereocenters. The molecule has 1 aliphatic rings. The third kappa shape index (κ3) is 3.18. The summed E-state index contributed by atoms with van der Waals surface area (Å²) >= 11 is 0. The molecule has 2 atom stereocenters. The van der Waals surface area contributed by atoms with Gasteiger partial charge in [0, 0.05) is 13.1 Å². The zero-order chi connectivity index (χ0) is 8.27. The van der Waals surface area contributed by atoms with Crippen molar-refractivity contribution in [3.05, 3.63) is 0 Å². The highest BCUT2D eigenvalue weighted by atomic mass is 16.3. The van der Waals surface area contributed by atoms with Crippen LogP contribution in [-0.4, -0.2) is 47.0 Å². The fourth-order valence-corrected chi connectivity index (χ4v) is 1.57. The van der Waals surface area contributed by atoms with Crippen molar-refractivity contribution < 1.29 is 10.2 Å². The fraction of sp³-hybridized carbons (Fsp3) is 1.00. The van der Waals surface area contributed by atoms with E-state index in [-0.39, 0.29) is 12.2 Å². The van der Waals surface area contributed by atoms with Crippen LogP contribution >= 0.6 is 0 Å². The summed E-state index contributed by atoms with van der Waals surface area (Å²) in [6.45, 7) is 4.21. The Morgan fingerprint density at radius 2 is 2.36 bits per heavy atom. The summed E-state index contributed by atoms with van der Waals surface area (Å²) in [7, 11) is 0. The molecule has 3 heteroatoms. The van der Waals surface area contributed by atoms with Gasteiger partial charge in [-0.3, -0.25) is 4.90 Å². The summed E-state index contributed by atoms with van der Waals surface area (Å²) in [5.74, 6) is 0. The Morgan fingerprint density at radius 1 is 1.64 bits per heavy atom. The maximum atomic E-state index is 9.27. The molecule has 0 radical (unpaired) electrons. The Labute approximate surface area is 67.6 Å². The van der Waals surface area contributed by atoms with Crippen LogP contribution in [0.4, 0.5) is 0 Å². The molecule has 0 saturated carbocycles. The minimum absolute atomic E-state index is 0.178. The summed E-state index contributed by atoms with van der Waals surface area (Å²) in [6, 6.07) is 0. The van der Waals surface area contributed by atoms with E-state index in [0.717, 1.165) is 25.9 Å². The highest BCUT2D eigenvalue weighted by molar-refractivity contribution is 4.72. The standard InChI is InChI=1S/C8H17NO2/c1-7(10)5-9-4-2-3-8(11)6-9/h7-8,10-11H,2-6H2,1H3/t7-,8?/m1/s1. The van der Waals surface area contributed by atoms with Crippen LogP contribution in [0, 0.1) is 0 Å². The zero-order valence-corrected chi connectivity index (χ0v) is 7.03. The van der Waals surface area contributed by atoms with E-state index < -0.39 is 0 Å². The minimum atomic E-state index is -0.278. The minimum Gasteiger partial charge on any atom is -0.392 e. The molecule has 1 rings (SSSR count). The first-order chi connectivity index (χ1) is 5.18. The van der Waals surface area contributed by atoms with Crippen LogP contribution in [0.15, 0.2) is 0 Å². The molecule has 0 amide bonds. The van der Waals surface area contributed by atoms with Gasteiger partial charge in [0.05, 0.1) is 12.2 Å². The van der Waals surface area contributed by atoms with Gasteiger partial charge in [0.25, 0.3) is 0 Å². The third-order valence-corrected chi connectivity index (χ3v) is 2.00. The predicted molar refractivity (Wildman–Crippen MR) is 43.4 cm³/mol. The Kier molecular flexibility index (Phi) is 3.30. The first-order valence-corrected chi connectivity index (χ1v) is 4.27. The van der Waals surface area contributed by atoms with Crippen molar-refractivity contribution in [2.24, 2.45) is 0 Å². The molecular weight excluding hydrogens is 142 g/mol. The van der Waals surface area contributed by atoms with Gasteiger partial charge in [0.1, 0.15) is 0 Å². The van der Waals surface area contributed by atoms with E-state index in [9.17, 15) is 5.11 Å². The molecule has 0 aliphatic carbocycles. The molecule has 2 N–H and O–H groups in total. The molecule has 1 fully saturated rings. The van der Waals surface area contributed by atoms with Crippen LogP contribution < -0.4 is 0 Å². The smallest absolute Gasteiger partial charge is 0.0667 e. The number of piperidine rings is 1. The van der Waals surface area contributed by atoms with Crippen molar-refractivity contribution >= 4 is 0 Å². The molecule has 1 heterocycles. The van der Waals surface area contributed by atoms with E-state index in [0.29, 0.717) is 6.54 Å². The second-order valence-corrected chi connectivity index (χ2v) is 3.40. The summed E-state index contributed by atoms with van der Waals surface area (Å²) in [6.07, 6.45) is 1.51. The van der Waals surface area contributed by atoms with Gasteiger partial charge in [0.15, 0.2) is 0 Å². The van der Waals surface area contributed by atoms with Crippen molar-refractivity contribution in [2.45, 2.75) is 32.0 Å². The van der Waals surface area contributed by atoms with Gasteiger partial charge in [0.2, 0.25) is 0 Å². The van der Waals surface area contributed by atoms with E-state index in [2.05, 4.69) is 4.90 Å². The van der Waals surface area contributed by atoms with E-state index in [1.807, 2.05) is 0 Å². The van der Waals surface area contributed by atoms with Crippen molar-refractivity contribution in [1.82, 2.24) is 4.90 Å². The summed E-state index contributed by atoms with van der Waals surface area (Å²) < 4.78 is 0. The lowest BCUT2D eigenvalue weighted by atomic mass is 10.1. The molecule has 1 aliphatic heterocycles. The number of likely N-dealkylation sites (tertiary alicyclic amines) is 1. The average Bonchev–Trinajstić information content (AvgIpc) is 1.85. The summed E-state index contributed by atoms with van der Waals surface area (Å²) in [5.41, 5.74) is 0. The molecule has 0 aromatic rings. The second-order valence-electron chi connectivity index (χ2n) is 3.40. The van der Waals surface area contributed by atoms with Crippen LogP contribution in [0.3, 0.4) is 0 Å². The molecule has 0 spiro atoms. The molecule has 11 heavy (non-hydrogen) atoms. The lowest BCUT2D eigenvalue weighted by Gasteiger charge is -2.30. The quantitative estimate of drug-likeness (QED) is 0.587. The van der Waals surface area contributed by atoms with Crippen LogP contribution in [0.5, 0.6) is 0 Å². The lowest BCUT2D eigenvalue weighted by Crippen LogP contribution is -2.41. The SMILES string of the molecule is C[C@@H](O)CN1CCCC(O)C1. The summed E-state index contributed by atoms with van der Waals surface area (Å²) in [4.78, 5) is 2.11. The molecule has 0 aromatic heterocycles. The summed E-state index contributed by atoms with van der Waals surface area (Å²) in [5, 5.41) is 18.3. The van der Waals surface area contributed by atoms with E-state index in [1.54, 1.807) is 6.92 Å². The Morgan fingerprint density at radius 3 is 2.91 bits per heavy atom. The molecule has 1 saturated heterocycles. The maximum absolute atomic E-state index is 9.27. The van der Waals surface area contributed by atoms with Crippen molar-refractivity contribution in [3.8, 4) is 0 Å². The van der Waals surface area contributed by atoms with E-state index >= 15 is 0 Å². The number of nitrogens with zero attached hydrogens (tertiary/aromatic N) is 1. The average molecular weight is 159 g/mol. The third-order valence-electron chi connectivity index (χ3n) is 2.00. The number of hydrogen-bond acceptors (Lipinski definition) is 3. The number of β-amino-alcohol motifs (C(OH)–C–C–N with tert-alkyl or cyclic N) is 2. The highest BCUT2D eigenvalue weighted by Gasteiger charge is 2.17. The van der Waals surface area contributed by atoms with E-state index in [4.69, 9.17) is 5.11 Å². The second kappa shape index (κ2) is 4.04. The largest absolute Gasteiger partial charge is 0.392 e. The monoisotopic (exact) mass is 159 g/mol. The maximum Gasteiger partial charge on any atom is 0.0667 e. The number of hydrogen-bond donors (Lipinski definition) is 2. The van der Waals surface area contributed by atoms with Gasteiger partial charge in [-0.1, -0.05) is 0 Å². The molecule has 66 valence electrons. The highest BCUT2D eigenvalue weighted by Crippen LogP contribution is 2.09. The predicted octanol–water partition coefficient (Wildman–Crippen LogP) is -0.176. The van der Waals surface area contributed by atoms with Gasteiger partial charge >= 0.3 is 0 Å². The van der Waals surface area contributed by atoms with Gasteiger partial charge in [-0.05, 0) is 26.3 Å². The Hall–Kier alpha value is -0.120. The van der Waals surface area contributed by atoms with Crippen LogP contribution in [0.1, 0.15) is 19.8 Å². The topological polar surface area (TPSA) is 43.7 Å². The normalized spacial score (nSPS) is 30.3. The van der Waals surface area contributed by atoms with Gasteiger partial charge < -0.3 is 10.2 Å². The van der Waals surface area contributed by atoms with Crippen LogP contribution in [0.2, 0.25) is 0 Å². The van der Waals surface area contributed by atoms with Crippen molar-refractivity contribution in [1.29, 1.82) is 0 Å². The van der Waals surface area contributed by atoms with Gasteiger partial charge in [-0.2, -0.15) is 0 Å². The molecular formula is C8H17NO2. The van der Waals surface area contributed by atoms with Crippen molar-refractivity contribution in [2.75, 3.05) is 19.6 Å². The number of aliphatic hydroxyl groups is 2. The van der Waals surface area contributed by atoms with Gasteiger partial charge in [-0.25, -0.2) is 0 Å². The molecule has 3 nitrogen and oxygen atoms in total. The molecule has 0 aromatic carbocycles. The first kappa shape index (κ1) is 8.97. The lowest BCUT2D eigenvalue weighted by molar-refractivity contribution is 0.0442. The van der Waals surface area contributed by atoms with Crippen molar-refractivity contribution in [3.63, 3.8) is 0 Å². The number of rotatable bonds is 2.